The zero-order chi connectivity index (χ0) is 27.3. The van der Waals surface area contributed by atoms with Crippen molar-refractivity contribution in [2.75, 3.05) is 57.9 Å². The van der Waals surface area contributed by atoms with Crippen molar-refractivity contribution in [2.24, 2.45) is 0 Å². The molecule has 8 nitrogen and oxygen atoms in total. The van der Waals surface area contributed by atoms with Gasteiger partial charge in [-0.3, -0.25) is 15.0 Å². The molecule has 3 aromatic rings. The van der Waals surface area contributed by atoms with Crippen LogP contribution in [0.25, 0.3) is 0 Å². The van der Waals surface area contributed by atoms with E-state index in [0.29, 0.717) is 31.2 Å². The highest BCUT2D eigenvalue weighted by Gasteiger charge is 2.21. The van der Waals surface area contributed by atoms with E-state index in [4.69, 9.17) is 9.47 Å². The molecule has 0 aliphatic carbocycles. The first-order valence-corrected chi connectivity index (χ1v) is 14.6. The number of nitrogens with one attached hydrogen (secondary N) is 1. The Bertz CT molecular complexity index is 1110. The molecule has 1 saturated heterocycles. The number of morpholine rings is 1. The molecule has 39 heavy (non-hydrogen) atoms. The standard InChI is InChI=1S/C30H38N4O4S/c1-2-38-28(35)14-13-26-23-39-29(31-26)32-30(36)34(18-17-33-19-21-37-22-20-33)16-15-27(24-9-5-3-6-10-24)25-11-7-4-8-12-25/h3-12,23,27H,2,13-22H2,1H3,(H,31,32,36). The summed E-state index contributed by atoms with van der Waals surface area (Å²) in [4.78, 5) is 34.0. The van der Waals surface area contributed by atoms with Crippen LogP contribution in [0.15, 0.2) is 66.0 Å². The third-order valence-electron chi connectivity index (χ3n) is 6.82. The molecule has 9 heteroatoms. The average molecular weight is 551 g/mol. The van der Waals surface area contributed by atoms with Gasteiger partial charge in [0.05, 0.1) is 31.9 Å². The molecule has 0 radical (unpaired) electrons. The Kier molecular flexibility index (Phi) is 11.3. The first-order chi connectivity index (χ1) is 19.1. The second kappa shape index (κ2) is 15.4. The number of nitrogens with zero attached hydrogens (tertiary/aromatic N) is 3. The van der Waals surface area contributed by atoms with Crippen molar-refractivity contribution < 1.29 is 19.1 Å². The summed E-state index contributed by atoms with van der Waals surface area (Å²) in [6.45, 7) is 7.38. The first kappa shape index (κ1) is 28.7. The van der Waals surface area contributed by atoms with Gasteiger partial charge >= 0.3 is 12.0 Å². The number of carbonyl (C=O) groups is 2. The van der Waals surface area contributed by atoms with Gasteiger partial charge in [0, 0.05) is 50.4 Å². The quantitative estimate of drug-likeness (QED) is 0.301. The predicted octanol–water partition coefficient (Wildman–Crippen LogP) is 5.03. The fourth-order valence-corrected chi connectivity index (χ4v) is 5.43. The predicted molar refractivity (Wildman–Crippen MR) is 154 cm³/mol. The molecule has 1 fully saturated rings. The van der Waals surface area contributed by atoms with Crippen molar-refractivity contribution >= 4 is 28.5 Å². The van der Waals surface area contributed by atoms with Crippen LogP contribution in [0.1, 0.15) is 42.5 Å². The van der Waals surface area contributed by atoms with Gasteiger partial charge < -0.3 is 14.4 Å². The van der Waals surface area contributed by atoms with Crippen molar-refractivity contribution in [3.8, 4) is 0 Å². The molecule has 1 aliphatic heterocycles. The van der Waals surface area contributed by atoms with Gasteiger partial charge in [-0.15, -0.1) is 11.3 Å². The molecule has 0 atom stereocenters. The van der Waals surface area contributed by atoms with Gasteiger partial charge in [0.2, 0.25) is 0 Å². The van der Waals surface area contributed by atoms with Gasteiger partial charge in [0.25, 0.3) is 0 Å². The maximum atomic E-state index is 13.5. The largest absolute Gasteiger partial charge is 0.466 e. The van der Waals surface area contributed by atoms with Crippen molar-refractivity contribution in [1.29, 1.82) is 0 Å². The Morgan fingerprint density at radius 3 is 2.36 bits per heavy atom. The van der Waals surface area contributed by atoms with Gasteiger partial charge in [-0.2, -0.15) is 0 Å². The Balaban J connectivity index is 1.43. The van der Waals surface area contributed by atoms with Crippen LogP contribution < -0.4 is 5.32 Å². The van der Waals surface area contributed by atoms with Crippen LogP contribution >= 0.6 is 11.3 Å². The molecule has 4 rings (SSSR count). The molecule has 2 heterocycles. The molecule has 1 aliphatic rings. The highest BCUT2D eigenvalue weighted by Crippen LogP contribution is 2.28. The highest BCUT2D eigenvalue weighted by molar-refractivity contribution is 7.13. The van der Waals surface area contributed by atoms with E-state index in [0.717, 1.165) is 45.0 Å². The van der Waals surface area contributed by atoms with Crippen LogP contribution in [0.3, 0.4) is 0 Å². The van der Waals surface area contributed by atoms with Gasteiger partial charge in [-0.1, -0.05) is 60.7 Å². The van der Waals surface area contributed by atoms with E-state index in [1.807, 2.05) is 22.4 Å². The number of hydrogen-bond acceptors (Lipinski definition) is 7. The zero-order valence-corrected chi connectivity index (χ0v) is 23.4. The van der Waals surface area contributed by atoms with E-state index >= 15 is 0 Å². The summed E-state index contributed by atoms with van der Waals surface area (Å²) in [7, 11) is 0. The number of carbonyl (C=O) groups excluding carboxylic acids is 2. The maximum Gasteiger partial charge on any atom is 0.323 e. The number of anilines is 1. The van der Waals surface area contributed by atoms with E-state index in [1.165, 1.54) is 22.5 Å². The first-order valence-electron chi connectivity index (χ1n) is 13.7. The van der Waals surface area contributed by atoms with Gasteiger partial charge in [-0.05, 0) is 24.5 Å². The third kappa shape index (κ3) is 9.16. The minimum absolute atomic E-state index is 0.158. The van der Waals surface area contributed by atoms with E-state index < -0.39 is 0 Å². The Labute approximate surface area is 234 Å². The number of thiazole rings is 1. The highest BCUT2D eigenvalue weighted by atomic mass is 32.1. The summed E-state index contributed by atoms with van der Waals surface area (Å²) in [6.07, 6.45) is 1.56. The number of benzene rings is 2. The lowest BCUT2D eigenvalue weighted by atomic mass is 9.88. The topological polar surface area (TPSA) is 84.0 Å². The molecule has 2 amide bonds. The SMILES string of the molecule is CCOC(=O)CCc1csc(NC(=O)N(CCC(c2ccccc2)c2ccccc2)CCN2CCOCC2)n1. The van der Waals surface area contributed by atoms with E-state index in [2.05, 4.69) is 63.7 Å². The minimum Gasteiger partial charge on any atom is -0.466 e. The fourth-order valence-electron chi connectivity index (χ4n) is 4.70. The molecular formula is C30H38N4O4S. The second-order valence-electron chi connectivity index (χ2n) is 9.48. The average Bonchev–Trinajstić information content (AvgIpc) is 3.42. The van der Waals surface area contributed by atoms with Crippen LogP contribution in [0.2, 0.25) is 0 Å². The van der Waals surface area contributed by atoms with Crippen LogP contribution in [0.4, 0.5) is 9.93 Å². The number of esters is 1. The van der Waals surface area contributed by atoms with Crippen LogP contribution in [-0.4, -0.2) is 79.3 Å². The number of rotatable bonds is 13. The number of aromatic nitrogens is 1. The number of urea groups is 1. The lowest BCUT2D eigenvalue weighted by molar-refractivity contribution is -0.143. The molecule has 0 spiro atoms. The summed E-state index contributed by atoms with van der Waals surface area (Å²) in [5.41, 5.74) is 3.25. The summed E-state index contributed by atoms with van der Waals surface area (Å²) in [5, 5.41) is 5.42. The lowest BCUT2D eigenvalue weighted by Gasteiger charge is -2.31. The molecule has 0 saturated carbocycles. The maximum absolute atomic E-state index is 13.5. The number of ether oxygens (including phenoxy) is 2. The summed E-state index contributed by atoms with van der Waals surface area (Å²) >= 11 is 1.38. The Hall–Kier alpha value is -3.27. The van der Waals surface area contributed by atoms with Gasteiger partial charge in [0.1, 0.15) is 0 Å². The zero-order valence-electron chi connectivity index (χ0n) is 22.6. The molecular weight excluding hydrogens is 512 g/mol. The Morgan fingerprint density at radius 2 is 1.72 bits per heavy atom. The van der Waals surface area contributed by atoms with E-state index in [-0.39, 0.29) is 24.3 Å². The molecule has 0 bridgehead atoms. The van der Waals surface area contributed by atoms with Gasteiger partial charge in [-0.25, -0.2) is 9.78 Å². The number of hydrogen-bond donors (Lipinski definition) is 1. The smallest absolute Gasteiger partial charge is 0.323 e. The summed E-state index contributed by atoms with van der Waals surface area (Å²) in [5.74, 6) is -0.0582. The molecule has 1 N–H and O–H groups in total. The van der Waals surface area contributed by atoms with Gasteiger partial charge in [0.15, 0.2) is 5.13 Å². The van der Waals surface area contributed by atoms with Crippen molar-refractivity contribution in [3.05, 3.63) is 82.9 Å². The van der Waals surface area contributed by atoms with Crippen LogP contribution in [-0.2, 0) is 20.7 Å². The van der Waals surface area contributed by atoms with Crippen molar-refractivity contribution in [2.45, 2.75) is 32.1 Å². The Morgan fingerprint density at radius 1 is 1.05 bits per heavy atom. The second-order valence-corrected chi connectivity index (χ2v) is 10.3. The van der Waals surface area contributed by atoms with E-state index in [1.54, 1.807) is 6.92 Å². The molecule has 2 aromatic carbocycles. The van der Waals surface area contributed by atoms with Crippen LogP contribution in [0.5, 0.6) is 0 Å². The van der Waals surface area contributed by atoms with E-state index in [9.17, 15) is 9.59 Å². The third-order valence-corrected chi connectivity index (χ3v) is 7.63. The number of amides is 2. The normalized spacial score (nSPS) is 13.8. The monoisotopic (exact) mass is 550 g/mol. The molecule has 1 aromatic heterocycles. The fraction of sp³-hybridized carbons (Fsp3) is 0.433. The van der Waals surface area contributed by atoms with Crippen molar-refractivity contribution in [3.63, 3.8) is 0 Å². The van der Waals surface area contributed by atoms with Crippen molar-refractivity contribution in [1.82, 2.24) is 14.8 Å². The van der Waals surface area contributed by atoms with Crippen LogP contribution in [0, 0.1) is 0 Å². The lowest BCUT2D eigenvalue weighted by Crippen LogP contribution is -2.44. The molecule has 208 valence electrons. The summed E-state index contributed by atoms with van der Waals surface area (Å²) < 4.78 is 10.5. The minimum atomic E-state index is -0.239. The molecule has 0 unspecified atom stereocenters. The number of aryl methyl sites for hydroxylation is 1. The summed E-state index contributed by atoms with van der Waals surface area (Å²) in [6, 6.07) is 20.8.